The Morgan fingerprint density at radius 3 is 2.61 bits per heavy atom. The third-order valence-electron chi connectivity index (χ3n) is 4.22. The number of amides is 1. The molecule has 0 aromatic rings. The van der Waals surface area contributed by atoms with Crippen molar-refractivity contribution in [2.45, 2.75) is 63.3 Å². The fourth-order valence-corrected chi connectivity index (χ4v) is 4.40. The summed E-state index contributed by atoms with van der Waals surface area (Å²) >= 11 is 2.11. The molecule has 3 nitrogen and oxygen atoms in total. The fraction of sp³-hybridized carbons (Fsp3) is 0.929. The Labute approximate surface area is 115 Å². The van der Waals surface area contributed by atoms with Gasteiger partial charge in [-0.3, -0.25) is 4.79 Å². The number of hydrogen-bond acceptors (Lipinski definition) is 3. The highest BCUT2D eigenvalue weighted by molar-refractivity contribution is 7.99. The second-order valence-corrected chi connectivity index (χ2v) is 6.99. The zero-order chi connectivity index (χ0) is 13.0. The van der Waals surface area contributed by atoms with Crippen LogP contribution in [0.4, 0.5) is 0 Å². The van der Waals surface area contributed by atoms with E-state index in [1.807, 2.05) is 4.90 Å². The second kappa shape index (κ2) is 6.80. The standard InChI is InChI=1S/C14H26N2OS/c1-3-18-14-6-4-5-13(14)15-12-7-9-16(10-8-12)11(2)17/h12-15H,3-10H2,1-2H3. The molecular formula is C14H26N2OS. The largest absolute Gasteiger partial charge is 0.343 e. The average molecular weight is 270 g/mol. The molecule has 0 bridgehead atoms. The van der Waals surface area contributed by atoms with Crippen molar-refractivity contribution in [3.63, 3.8) is 0 Å². The van der Waals surface area contributed by atoms with Gasteiger partial charge in [0.05, 0.1) is 0 Å². The van der Waals surface area contributed by atoms with Gasteiger partial charge in [-0.25, -0.2) is 0 Å². The SMILES string of the molecule is CCSC1CCCC1NC1CCN(C(C)=O)CC1. The van der Waals surface area contributed by atoms with E-state index in [0.29, 0.717) is 12.1 Å². The number of carbonyl (C=O) groups excluding carboxylic acids is 1. The van der Waals surface area contributed by atoms with Crippen molar-refractivity contribution in [3.05, 3.63) is 0 Å². The van der Waals surface area contributed by atoms with E-state index in [0.717, 1.165) is 31.2 Å². The van der Waals surface area contributed by atoms with Crippen LogP contribution in [0.15, 0.2) is 0 Å². The van der Waals surface area contributed by atoms with Crippen LogP contribution in [0.25, 0.3) is 0 Å². The Morgan fingerprint density at radius 2 is 2.00 bits per heavy atom. The first-order valence-electron chi connectivity index (χ1n) is 7.34. The number of rotatable bonds is 4. The molecule has 1 heterocycles. The molecule has 0 spiro atoms. The predicted octanol–water partition coefficient (Wildman–Crippen LogP) is 2.26. The average Bonchev–Trinajstić information content (AvgIpc) is 2.78. The van der Waals surface area contributed by atoms with Crippen LogP contribution < -0.4 is 5.32 Å². The summed E-state index contributed by atoms with van der Waals surface area (Å²) in [5.74, 6) is 1.46. The third kappa shape index (κ3) is 3.64. The lowest BCUT2D eigenvalue weighted by Crippen LogP contribution is -2.48. The number of nitrogens with one attached hydrogen (secondary N) is 1. The lowest BCUT2D eigenvalue weighted by Gasteiger charge is -2.34. The van der Waals surface area contributed by atoms with Gasteiger partial charge in [-0.1, -0.05) is 13.3 Å². The number of hydrogen-bond donors (Lipinski definition) is 1. The molecule has 1 saturated carbocycles. The maximum atomic E-state index is 11.3. The van der Waals surface area contributed by atoms with Gasteiger partial charge in [0.1, 0.15) is 0 Å². The second-order valence-electron chi connectivity index (χ2n) is 5.48. The van der Waals surface area contributed by atoms with Crippen LogP contribution in [-0.2, 0) is 4.79 Å². The van der Waals surface area contributed by atoms with Gasteiger partial charge in [0.25, 0.3) is 0 Å². The molecule has 0 radical (unpaired) electrons. The minimum Gasteiger partial charge on any atom is -0.343 e. The van der Waals surface area contributed by atoms with Crippen molar-refractivity contribution in [2.75, 3.05) is 18.8 Å². The van der Waals surface area contributed by atoms with Crippen LogP contribution in [-0.4, -0.2) is 47.0 Å². The quantitative estimate of drug-likeness (QED) is 0.850. The van der Waals surface area contributed by atoms with Gasteiger partial charge < -0.3 is 10.2 Å². The van der Waals surface area contributed by atoms with Gasteiger partial charge in [-0.05, 0) is 31.4 Å². The molecule has 0 aromatic carbocycles. The summed E-state index contributed by atoms with van der Waals surface area (Å²) in [4.78, 5) is 13.3. The van der Waals surface area contributed by atoms with Crippen molar-refractivity contribution in [1.29, 1.82) is 0 Å². The molecule has 2 fully saturated rings. The van der Waals surface area contributed by atoms with E-state index >= 15 is 0 Å². The molecule has 1 aliphatic carbocycles. The molecule has 1 N–H and O–H groups in total. The van der Waals surface area contributed by atoms with Crippen molar-refractivity contribution >= 4 is 17.7 Å². The Balaban J connectivity index is 1.75. The van der Waals surface area contributed by atoms with Crippen molar-refractivity contribution in [3.8, 4) is 0 Å². The van der Waals surface area contributed by atoms with Crippen LogP contribution in [0, 0.1) is 0 Å². The van der Waals surface area contributed by atoms with Gasteiger partial charge in [-0.15, -0.1) is 0 Å². The first-order chi connectivity index (χ1) is 8.70. The van der Waals surface area contributed by atoms with E-state index in [2.05, 4.69) is 24.0 Å². The zero-order valence-corrected chi connectivity index (χ0v) is 12.5. The molecule has 104 valence electrons. The summed E-state index contributed by atoms with van der Waals surface area (Å²) in [5.41, 5.74) is 0. The van der Waals surface area contributed by atoms with Gasteiger partial charge in [0, 0.05) is 37.3 Å². The smallest absolute Gasteiger partial charge is 0.219 e. The molecule has 1 saturated heterocycles. The van der Waals surface area contributed by atoms with Gasteiger partial charge >= 0.3 is 0 Å². The van der Waals surface area contributed by atoms with E-state index in [1.165, 1.54) is 25.0 Å². The first-order valence-corrected chi connectivity index (χ1v) is 8.38. The molecule has 4 heteroatoms. The van der Waals surface area contributed by atoms with E-state index in [4.69, 9.17) is 0 Å². The highest BCUT2D eigenvalue weighted by Crippen LogP contribution is 2.30. The highest BCUT2D eigenvalue weighted by atomic mass is 32.2. The number of thioether (sulfide) groups is 1. The fourth-order valence-electron chi connectivity index (χ4n) is 3.19. The number of carbonyl (C=O) groups is 1. The zero-order valence-electron chi connectivity index (χ0n) is 11.7. The van der Waals surface area contributed by atoms with Crippen LogP contribution >= 0.6 is 11.8 Å². The van der Waals surface area contributed by atoms with Crippen LogP contribution in [0.1, 0.15) is 46.0 Å². The molecule has 2 rings (SSSR count). The molecule has 1 amide bonds. The minimum absolute atomic E-state index is 0.230. The summed E-state index contributed by atoms with van der Waals surface area (Å²) < 4.78 is 0. The Bertz CT molecular complexity index is 277. The van der Waals surface area contributed by atoms with Crippen LogP contribution in [0.5, 0.6) is 0 Å². The summed E-state index contributed by atoms with van der Waals surface area (Å²) in [6, 6.07) is 1.34. The van der Waals surface area contributed by atoms with E-state index in [-0.39, 0.29) is 5.91 Å². The normalized spacial score (nSPS) is 29.8. The van der Waals surface area contributed by atoms with Crippen molar-refractivity contribution < 1.29 is 4.79 Å². The van der Waals surface area contributed by atoms with Crippen LogP contribution in [0.3, 0.4) is 0 Å². The summed E-state index contributed by atoms with van der Waals surface area (Å²) in [6.07, 6.45) is 6.34. The molecule has 18 heavy (non-hydrogen) atoms. The molecule has 2 aliphatic rings. The van der Waals surface area contributed by atoms with Crippen LogP contribution in [0.2, 0.25) is 0 Å². The molecular weight excluding hydrogens is 244 g/mol. The molecule has 0 aromatic heterocycles. The van der Waals surface area contributed by atoms with E-state index in [1.54, 1.807) is 6.92 Å². The lowest BCUT2D eigenvalue weighted by molar-refractivity contribution is -0.129. The topological polar surface area (TPSA) is 32.3 Å². The number of likely N-dealkylation sites (tertiary alicyclic amines) is 1. The minimum atomic E-state index is 0.230. The van der Waals surface area contributed by atoms with Gasteiger partial charge in [0.15, 0.2) is 0 Å². The number of nitrogens with zero attached hydrogens (tertiary/aromatic N) is 1. The van der Waals surface area contributed by atoms with E-state index in [9.17, 15) is 4.79 Å². The lowest BCUT2D eigenvalue weighted by atomic mass is 10.0. The van der Waals surface area contributed by atoms with Crippen molar-refractivity contribution in [2.24, 2.45) is 0 Å². The Morgan fingerprint density at radius 1 is 1.28 bits per heavy atom. The van der Waals surface area contributed by atoms with Crippen molar-refractivity contribution in [1.82, 2.24) is 10.2 Å². The molecule has 2 atom stereocenters. The van der Waals surface area contributed by atoms with E-state index < -0.39 is 0 Å². The maximum absolute atomic E-state index is 11.3. The summed E-state index contributed by atoms with van der Waals surface area (Å²) in [5, 5.41) is 4.67. The Hall–Kier alpha value is -0.220. The third-order valence-corrected chi connectivity index (χ3v) is 5.55. The predicted molar refractivity (Wildman–Crippen MR) is 78.0 cm³/mol. The molecule has 2 unspecified atom stereocenters. The molecule has 1 aliphatic heterocycles. The summed E-state index contributed by atoms with van der Waals surface area (Å²) in [6.45, 7) is 5.81. The first kappa shape index (κ1) is 14.2. The maximum Gasteiger partial charge on any atom is 0.219 e. The Kier molecular flexibility index (Phi) is 5.37. The summed E-state index contributed by atoms with van der Waals surface area (Å²) in [7, 11) is 0. The highest BCUT2D eigenvalue weighted by Gasteiger charge is 2.30. The van der Waals surface area contributed by atoms with Gasteiger partial charge in [-0.2, -0.15) is 11.8 Å². The number of piperidine rings is 1. The van der Waals surface area contributed by atoms with Gasteiger partial charge in [0.2, 0.25) is 5.91 Å². The monoisotopic (exact) mass is 270 g/mol.